The maximum Gasteiger partial charge on any atom is 0.308 e. The van der Waals surface area contributed by atoms with E-state index in [2.05, 4.69) is 0 Å². The Morgan fingerprint density at radius 2 is 1.67 bits per heavy atom. The number of piperidine rings is 1. The Morgan fingerprint density at radius 1 is 1.07 bits per heavy atom. The van der Waals surface area contributed by atoms with Gasteiger partial charge < -0.3 is 9.64 Å². The third kappa shape index (κ3) is 2.30. The Hall–Kier alpha value is -1.06. The molecule has 1 saturated carbocycles. The SMILES string of the molecule is COC(=O)C1CCN(C(=O)C2CC2)CC1. The highest BCUT2D eigenvalue weighted by Gasteiger charge is 2.36. The first-order chi connectivity index (χ1) is 7.22. The molecule has 0 spiro atoms. The summed E-state index contributed by atoms with van der Waals surface area (Å²) in [5.74, 6) is 0.449. The standard InChI is InChI=1S/C11H17NO3/c1-15-11(14)9-4-6-12(7-5-9)10(13)8-2-3-8/h8-9H,2-7H2,1H3. The third-order valence-corrected chi connectivity index (χ3v) is 3.27. The third-order valence-electron chi connectivity index (χ3n) is 3.27. The molecule has 0 atom stereocenters. The zero-order chi connectivity index (χ0) is 10.8. The molecule has 0 aromatic rings. The van der Waals surface area contributed by atoms with Gasteiger partial charge in [0.1, 0.15) is 0 Å². The fraction of sp³-hybridized carbons (Fsp3) is 0.818. The molecule has 0 unspecified atom stereocenters. The van der Waals surface area contributed by atoms with Crippen molar-refractivity contribution in [2.24, 2.45) is 11.8 Å². The van der Waals surface area contributed by atoms with Crippen LogP contribution in [-0.2, 0) is 14.3 Å². The van der Waals surface area contributed by atoms with Gasteiger partial charge in [-0.25, -0.2) is 0 Å². The number of rotatable bonds is 2. The summed E-state index contributed by atoms with van der Waals surface area (Å²) in [5.41, 5.74) is 0. The zero-order valence-electron chi connectivity index (χ0n) is 9.07. The molecule has 4 nitrogen and oxygen atoms in total. The Morgan fingerprint density at radius 3 is 2.13 bits per heavy atom. The number of hydrogen-bond acceptors (Lipinski definition) is 3. The minimum Gasteiger partial charge on any atom is -0.469 e. The summed E-state index contributed by atoms with van der Waals surface area (Å²) in [6.45, 7) is 1.43. The van der Waals surface area contributed by atoms with Crippen LogP contribution in [0.15, 0.2) is 0 Å². The fourth-order valence-electron chi connectivity index (χ4n) is 2.09. The Bertz CT molecular complexity index is 265. The molecule has 0 aromatic heterocycles. The van der Waals surface area contributed by atoms with E-state index in [0.717, 1.165) is 38.8 Å². The van der Waals surface area contributed by atoms with E-state index in [4.69, 9.17) is 4.74 Å². The van der Waals surface area contributed by atoms with Crippen molar-refractivity contribution < 1.29 is 14.3 Å². The van der Waals surface area contributed by atoms with Crippen LogP contribution in [0.4, 0.5) is 0 Å². The summed E-state index contributed by atoms with van der Waals surface area (Å²) in [4.78, 5) is 24.9. The molecule has 1 saturated heterocycles. The molecule has 2 aliphatic rings. The Kier molecular flexibility index (Phi) is 2.93. The van der Waals surface area contributed by atoms with Crippen LogP contribution in [-0.4, -0.2) is 37.0 Å². The molecule has 4 heteroatoms. The van der Waals surface area contributed by atoms with E-state index >= 15 is 0 Å². The van der Waals surface area contributed by atoms with Gasteiger partial charge in [-0.05, 0) is 25.7 Å². The number of carbonyl (C=O) groups excluding carboxylic acids is 2. The molecular formula is C11H17NO3. The van der Waals surface area contributed by atoms with Crippen molar-refractivity contribution in [2.75, 3.05) is 20.2 Å². The predicted octanol–water partition coefficient (Wildman–Crippen LogP) is 0.808. The number of nitrogens with zero attached hydrogens (tertiary/aromatic N) is 1. The van der Waals surface area contributed by atoms with Crippen LogP contribution in [0.25, 0.3) is 0 Å². The fourth-order valence-corrected chi connectivity index (χ4v) is 2.09. The maximum absolute atomic E-state index is 11.7. The number of methoxy groups -OCH3 is 1. The first-order valence-corrected chi connectivity index (χ1v) is 5.59. The van der Waals surface area contributed by atoms with Crippen molar-refractivity contribution in [3.63, 3.8) is 0 Å². The highest BCUT2D eigenvalue weighted by atomic mass is 16.5. The lowest BCUT2D eigenvalue weighted by molar-refractivity contribution is -0.149. The maximum atomic E-state index is 11.7. The van der Waals surface area contributed by atoms with E-state index < -0.39 is 0 Å². The lowest BCUT2D eigenvalue weighted by Gasteiger charge is -2.30. The predicted molar refractivity (Wildman–Crippen MR) is 54.0 cm³/mol. The second-order valence-electron chi connectivity index (χ2n) is 4.40. The minimum atomic E-state index is -0.131. The van der Waals surface area contributed by atoms with Crippen LogP contribution in [0.3, 0.4) is 0 Å². The molecule has 0 N–H and O–H groups in total. The summed E-state index contributed by atoms with van der Waals surface area (Å²) in [5, 5.41) is 0. The highest BCUT2D eigenvalue weighted by molar-refractivity contribution is 5.81. The summed E-state index contributed by atoms with van der Waals surface area (Å²) in [6, 6.07) is 0. The molecule has 84 valence electrons. The number of ether oxygens (including phenoxy) is 1. The van der Waals surface area contributed by atoms with Crippen LogP contribution >= 0.6 is 0 Å². The topological polar surface area (TPSA) is 46.6 Å². The number of hydrogen-bond donors (Lipinski definition) is 0. The van der Waals surface area contributed by atoms with Crippen LogP contribution in [0.5, 0.6) is 0 Å². The van der Waals surface area contributed by atoms with Gasteiger partial charge in [0.25, 0.3) is 0 Å². The first-order valence-electron chi connectivity index (χ1n) is 5.59. The summed E-state index contributed by atoms with van der Waals surface area (Å²) in [6.07, 6.45) is 3.61. The molecule has 1 amide bonds. The van der Waals surface area contributed by atoms with Gasteiger partial charge in [0.2, 0.25) is 5.91 Å². The van der Waals surface area contributed by atoms with Gasteiger partial charge >= 0.3 is 5.97 Å². The normalized spacial score (nSPS) is 22.6. The smallest absolute Gasteiger partial charge is 0.308 e. The number of carbonyl (C=O) groups is 2. The van der Waals surface area contributed by atoms with Crippen molar-refractivity contribution in [1.29, 1.82) is 0 Å². The highest BCUT2D eigenvalue weighted by Crippen LogP contribution is 2.32. The van der Waals surface area contributed by atoms with Gasteiger partial charge in [-0.2, -0.15) is 0 Å². The molecule has 15 heavy (non-hydrogen) atoms. The minimum absolute atomic E-state index is 0.00162. The van der Waals surface area contributed by atoms with Crippen molar-refractivity contribution in [1.82, 2.24) is 4.90 Å². The average Bonchev–Trinajstić information content (AvgIpc) is 3.11. The molecule has 1 aliphatic carbocycles. The molecule has 0 aromatic carbocycles. The number of likely N-dealkylation sites (tertiary alicyclic amines) is 1. The monoisotopic (exact) mass is 211 g/mol. The largest absolute Gasteiger partial charge is 0.469 e. The van der Waals surface area contributed by atoms with Gasteiger partial charge in [-0.3, -0.25) is 9.59 Å². The van der Waals surface area contributed by atoms with Gasteiger partial charge in [-0.1, -0.05) is 0 Å². The second-order valence-corrected chi connectivity index (χ2v) is 4.40. The molecule has 2 rings (SSSR count). The van der Waals surface area contributed by atoms with Crippen molar-refractivity contribution in [2.45, 2.75) is 25.7 Å². The van der Waals surface area contributed by atoms with Gasteiger partial charge in [0.15, 0.2) is 0 Å². The lowest BCUT2D eigenvalue weighted by Crippen LogP contribution is -2.41. The van der Waals surface area contributed by atoms with E-state index in [-0.39, 0.29) is 11.9 Å². The van der Waals surface area contributed by atoms with Gasteiger partial charge in [0.05, 0.1) is 13.0 Å². The molecular weight excluding hydrogens is 194 g/mol. The van der Waals surface area contributed by atoms with E-state index in [1.165, 1.54) is 7.11 Å². The quantitative estimate of drug-likeness (QED) is 0.635. The van der Waals surface area contributed by atoms with Crippen LogP contribution in [0, 0.1) is 11.8 Å². The molecule has 2 fully saturated rings. The molecule has 1 heterocycles. The first kappa shape index (κ1) is 10.5. The van der Waals surface area contributed by atoms with Crippen molar-refractivity contribution in [3.8, 4) is 0 Å². The lowest BCUT2D eigenvalue weighted by atomic mass is 9.97. The van der Waals surface area contributed by atoms with Crippen molar-refractivity contribution in [3.05, 3.63) is 0 Å². The Balaban J connectivity index is 1.81. The molecule has 0 radical (unpaired) electrons. The summed E-state index contributed by atoms with van der Waals surface area (Å²) >= 11 is 0. The number of amides is 1. The van der Waals surface area contributed by atoms with E-state index in [1.54, 1.807) is 0 Å². The molecule has 0 bridgehead atoms. The van der Waals surface area contributed by atoms with E-state index in [0.29, 0.717) is 11.8 Å². The van der Waals surface area contributed by atoms with Crippen LogP contribution in [0.1, 0.15) is 25.7 Å². The Labute approximate surface area is 89.6 Å². The summed E-state index contributed by atoms with van der Waals surface area (Å²) < 4.78 is 4.70. The summed E-state index contributed by atoms with van der Waals surface area (Å²) in [7, 11) is 1.42. The second kappa shape index (κ2) is 4.21. The average molecular weight is 211 g/mol. The molecule has 1 aliphatic heterocycles. The van der Waals surface area contributed by atoms with Gasteiger partial charge in [0, 0.05) is 19.0 Å². The van der Waals surface area contributed by atoms with E-state index in [9.17, 15) is 9.59 Å². The van der Waals surface area contributed by atoms with E-state index in [1.807, 2.05) is 4.90 Å². The van der Waals surface area contributed by atoms with Crippen molar-refractivity contribution >= 4 is 11.9 Å². The van der Waals surface area contributed by atoms with Crippen LogP contribution < -0.4 is 0 Å². The zero-order valence-corrected chi connectivity index (χ0v) is 9.07. The van der Waals surface area contributed by atoms with Crippen LogP contribution in [0.2, 0.25) is 0 Å². The van der Waals surface area contributed by atoms with Gasteiger partial charge in [-0.15, -0.1) is 0 Å². The number of esters is 1.